The fourth-order valence-electron chi connectivity index (χ4n) is 3.03. The van der Waals surface area contributed by atoms with Crippen molar-refractivity contribution in [3.8, 4) is 0 Å². The minimum absolute atomic E-state index is 0.0494. The van der Waals surface area contributed by atoms with Crippen LogP contribution in [0.15, 0.2) is 42.6 Å². The van der Waals surface area contributed by atoms with Crippen LogP contribution < -0.4 is 0 Å². The first-order valence-electron chi connectivity index (χ1n) is 7.63. The Hall–Kier alpha value is -1.72. The summed E-state index contributed by atoms with van der Waals surface area (Å²) in [5.74, 6) is -0.0494. The number of amides is 1. The highest BCUT2D eigenvalue weighted by molar-refractivity contribution is 7.08. The third-order valence-electron chi connectivity index (χ3n) is 4.17. The van der Waals surface area contributed by atoms with E-state index in [0.717, 1.165) is 31.2 Å². The summed E-state index contributed by atoms with van der Waals surface area (Å²) in [4.78, 5) is 15.1. The molecule has 1 saturated carbocycles. The van der Waals surface area contributed by atoms with Gasteiger partial charge in [0.05, 0.1) is 12.1 Å². The third kappa shape index (κ3) is 3.54. The van der Waals surface area contributed by atoms with Gasteiger partial charge in [-0.3, -0.25) is 4.79 Å². The van der Waals surface area contributed by atoms with Gasteiger partial charge in [-0.25, -0.2) is 4.37 Å². The number of carbonyl (C=O) groups excluding carboxylic acids is 1. The number of rotatable bonds is 5. The van der Waals surface area contributed by atoms with Gasteiger partial charge >= 0.3 is 0 Å². The smallest absolute Gasteiger partial charge is 0.265 e. The summed E-state index contributed by atoms with van der Waals surface area (Å²) in [6, 6.07) is 11.6. The third-order valence-corrected chi connectivity index (χ3v) is 4.91. The molecule has 1 N–H and O–H groups in total. The van der Waals surface area contributed by atoms with E-state index in [1.54, 1.807) is 17.2 Å². The van der Waals surface area contributed by atoms with Crippen molar-refractivity contribution in [2.75, 3.05) is 6.54 Å². The lowest BCUT2D eigenvalue weighted by Crippen LogP contribution is -2.43. The lowest BCUT2D eigenvalue weighted by molar-refractivity contribution is 0.00804. The first-order chi connectivity index (χ1) is 10.7. The first kappa shape index (κ1) is 15.2. The maximum Gasteiger partial charge on any atom is 0.265 e. The van der Waals surface area contributed by atoms with Crippen LogP contribution >= 0.6 is 11.5 Å². The van der Waals surface area contributed by atoms with Crippen molar-refractivity contribution in [2.45, 2.75) is 37.8 Å². The van der Waals surface area contributed by atoms with Crippen molar-refractivity contribution >= 4 is 17.4 Å². The molecule has 0 spiro atoms. The summed E-state index contributed by atoms with van der Waals surface area (Å²) in [6.07, 6.45) is 5.25. The van der Waals surface area contributed by atoms with Crippen molar-refractivity contribution in [3.05, 3.63) is 53.0 Å². The second-order valence-corrected chi connectivity index (χ2v) is 6.79. The Morgan fingerprint density at radius 1 is 1.23 bits per heavy atom. The lowest BCUT2D eigenvalue weighted by atomic mass is 10.0. The van der Waals surface area contributed by atoms with Crippen molar-refractivity contribution < 1.29 is 9.90 Å². The van der Waals surface area contributed by atoms with Crippen molar-refractivity contribution in [1.29, 1.82) is 0 Å². The van der Waals surface area contributed by atoms with Crippen LogP contribution in [0.1, 0.15) is 40.9 Å². The molecule has 1 aromatic heterocycles. The molecule has 1 aliphatic rings. The monoisotopic (exact) mass is 316 g/mol. The van der Waals surface area contributed by atoms with Gasteiger partial charge in [-0.1, -0.05) is 43.2 Å². The molecule has 4 nitrogen and oxygen atoms in total. The summed E-state index contributed by atoms with van der Waals surface area (Å²) >= 11 is 1.20. The molecule has 1 amide bonds. The number of hydrogen-bond donors (Lipinski definition) is 1. The number of benzene rings is 1. The van der Waals surface area contributed by atoms with Gasteiger partial charge in [-0.15, -0.1) is 0 Å². The summed E-state index contributed by atoms with van der Waals surface area (Å²) in [7, 11) is 0. The Kier molecular flexibility index (Phi) is 4.55. The zero-order valence-corrected chi connectivity index (χ0v) is 13.3. The first-order valence-corrected chi connectivity index (χ1v) is 8.40. The highest BCUT2D eigenvalue weighted by Crippen LogP contribution is 2.31. The lowest BCUT2D eigenvalue weighted by Gasteiger charge is -2.31. The summed E-state index contributed by atoms with van der Waals surface area (Å²) in [5, 5.41) is 10.7. The molecule has 0 saturated heterocycles. The average molecular weight is 316 g/mol. The molecule has 3 rings (SSSR count). The second kappa shape index (κ2) is 6.58. The van der Waals surface area contributed by atoms with Crippen LogP contribution in [0.5, 0.6) is 0 Å². The number of carbonyl (C=O) groups is 1. The SMILES string of the molecule is O=C(c1ccns1)N(Cc1ccccc1)CC1(O)CCCC1. The van der Waals surface area contributed by atoms with E-state index in [1.165, 1.54) is 11.5 Å². The van der Waals surface area contributed by atoms with Gasteiger partial charge in [-0.05, 0) is 36.0 Å². The van der Waals surface area contributed by atoms with Crippen LogP contribution in [-0.4, -0.2) is 32.4 Å². The maximum atomic E-state index is 12.7. The van der Waals surface area contributed by atoms with E-state index < -0.39 is 5.60 Å². The number of aromatic nitrogens is 1. The fourth-order valence-corrected chi connectivity index (χ4v) is 3.60. The molecule has 0 aliphatic heterocycles. The molecule has 0 atom stereocenters. The zero-order chi connectivity index (χ0) is 15.4. The highest BCUT2D eigenvalue weighted by Gasteiger charge is 2.35. The molecular weight excluding hydrogens is 296 g/mol. The normalized spacial score (nSPS) is 16.6. The molecule has 1 heterocycles. The molecule has 1 aliphatic carbocycles. The van der Waals surface area contributed by atoms with Crippen LogP contribution in [0.25, 0.3) is 0 Å². The Bertz CT molecular complexity index is 607. The van der Waals surface area contributed by atoms with E-state index in [4.69, 9.17) is 0 Å². The maximum absolute atomic E-state index is 12.7. The van der Waals surface area contributed by atoms with E-state index in [2.05, 4.69) is 4.37 Å². The minimum Gasteiger partial charge on any atom is -0.388 e. The number of nitrogens with zero attached hydrogens (tertiary/aromatic N) is 2. The standard InChI is InChI=1S/C17H20N2O2S/c20-16(15-8-11-18-22-15)19(12-14-6-2-1-3-7-14)13-17(21)9-4-5-10-17/h1-3,6-8,11,21H,4-5,9-10,12-13H2. The molecule has 116 valence electrons. The van der Waals surface area contributed by atoms with Gasteiger partial charge in [0.15, 0.2) is 0 Å². The van der Waals surface area contributed by atoms with E-state index >= 15 is 0 Å². The number of aliphatic hydroxyl groups is 1. The predicted octanol–water partition coefficient (Wildman–Crippen LogP) is 3.09. The largest absolute Gasteiger partial charge is 0.388 e. The molecule has 5 heteroatoms. The van der Waals surface area contributed by atoms with Gasteiger partial charge in [0.25, 0.3) is 5.91 Å². The Morgan fingerprint density at radius 2 is 1.95 bits per heavy atom. The van der Waals surface area contributed by atoms with Gasteiger partial charge in [0.1, 0.15) is 4.88 Å². The van der Waals surface area contributed by atoms with Crippen LogP contribution in [0.3, 0.4) is 0 Å². The van der Waals surface area contributed by atoms with Crippen LogP contribution in [0.4, 0.5) is 0 Å². The summed E-state index contributed by atoms with van der Waals surface area (Å²) < 4.78 is 4.01. The number of hydrogen-bond acceptors (Lipinski definition) is 4. The van der Waals surface area contributed by atoms with Crippen LogP contribution in [0, 0.1) is 0 Å². The van der Waals surface area contributed by atoms with E-state index in [0.29, 0.717) is 18.0 Å². The van der Waals surface area contributed by atoms with Gasteiger partial charge in [0.2, 0.25) is 0 Å². The van der Waals surface area contributed by atoms with Crippen LogP contribution in [-0.2, 0) is 6.54 Å². The van der Waals surface area contributed by atoms with Gasteiger partial charge in [0, 0.05) is 12.7 Å². The van der Waals surface area contributed by atoms with E-state index in [-0.39, 0.29) is 5.91 Å². The minimum atomic E-state index is -0.741. The molecule has 0 radical (unpaired) electrons. The van der Waals surface area contributed by atoms with Gasteiger partial charge in [-0.2, -0.15) is 0 Å². The van der Waals surface area contributed by atoms with E-state index in [9.17, 15) is 9.90 Å². The van der Waals surface area contributed by atoms with Gasteiger partial charge < -0.3 is 10.0 Å². The van der Waals surface area contributed by atoms with Crippen molar-refractivity contribution in [3.63, 3.8) is 0 Å². The zero-order valence-electron chi connectivity index (χ0n) is 12.4. The van der Waals surface area contributed by atoms with E-state index in [1.807, 2.05) is 30.3 Å². The van der Waals surface area contributed by atoms with Crippen molar-refractivity contribution in [1.82, 2.24) is 9.27 Å². The quantitative estimate of drug-likeness (QED) is 0.922. The molecular formula is C17H20N2O2S. The summed E-state index contributed by atoms with van der Waals surface area (Å²) in [5.41, 5.74) is 0.330. The molecule has 22 heavy (non-hydrogen) atoms. The Morgan fingerprint density at radius 3 is 2.59 bits per heavy atom. The fraction of sp³-hybridized carbons (Fsp3) is 0.412. The molecule has 0 bridgehead atoms. The van der Waals surface area contributed by atoms with Crippen LogP contribution in [0.2, 0.25) is 0 Å². The Balaban J connectivity index is 1.80. The predicted molar refractivity (Wildman–Crippen MR) is 86.7 cm³/mol. The summed E-state index contributed by atoms with van der Waals surface area (Å²) in [6.45, 7) is 0.901. The van der Waals surface area contributed by atoms with Crippen molar-refractivity contribution in [2.24, 2.45) is 0 Å². The average Bonchev–Trinajstić information content (AvgIpc) is 3.19. The molecule has 0 unspecified atom stereocenters. The molecule has 1 fully saturated rings. The Labute approximate surface area is 134 Å². The molecule has 1 aromatic carbocycles. The second-order valence-electron chi connectivity index (χ2n) is 5.95. The molecule has 2 aromatic rings. The highest BCUT2D eigenvalue weighted by atomic mass is 32.1. The topological polar surface area (TPSA) is 53.4 Å².